The Hall–Kier alpha value is -1.95. The number of carbonyl (C=O) groups is 1. The minimum absolute atomic E-state index is 0.106. The van der Waals surface area contributed by atoms with Gasteiger partial charge in [-0.15, -0.1) is 0 Å². The van der Waals surface area contributed by atoms with Crippen molar-refractivity contribution >= 4 is 6.03 Å². The van der Waals surface area contributed by atoms with Gasteiger partial charge in [0.1, 0.15) is 0 Å². The van der Waals surface area contributed by atoms with Crippen LogP contribution in [-0.4, -0.2) is 55.3 Å². The van der Waals surface area contributed by atoms with Crippen LogP contribution >= 0.6 is 0 Å². The predicted octanol–water partition coefficient (Wildman–Crippen LogP) is 2.43. The van der Waals surface area contributed by atoms with Crippen molar-refractivity contribution in [2.75, 3.05) is 39.5 Å². The molecule has 2 aliphatic heterocycles. The van der Waals surface area contributed by atoms with E-state index in [2.05, 4.69) is 22.3 Å². The number of piperazine rings is 1. The summed E-state index contributed by atoms with van der Waals surface area (Å²) in [6.45, 7) is 5.44. The number of ether oxygens (including phenoxy) is 2. The van der Waals surface area contributed by atoms with Crippen LogP contribution in [0.4, 0.5) is 4.79 Å². The molecule has 2 fully saturated rings. The molecule has 2 heterocycles. The number of nitrogens with one attached hydrogen (secondary N) is 1. The van der Waals surface area contributed by atoms with Crippen molar-refractivity contribution in [1.82, 2.24) is 15.1 Å². The number of benzene rings is 1. The molecule has 6 heteroatoms. The fraction of sp³-hybridized carbons (Fsp3) is 0.632. The molecule has 1 aliphatic carbocycles. The molecule has 1 saturated heterocycles. The highest BCUT2D eigenvalue weighted by Crippen LogP contribution is 2.32. The van der Waals surface area contributed by atoms with Gasteiger partial charge in [-0.05, 0) is 36.5 Å². The molecule has 0 spiro atoms. The first kappa shape index (κ1) is 16.5. The van der Waals surface area contributed by atoms with E-state index in [0.29, 0.717) is 12.7 Å². The van der Waals surface area contributed by atoms with Crippen molar-refractivity contribution < 1.29 is 14.3 Å². The Bertz CT molecular complexity index is 608. The smallest absolute Gasteiger partial charge is 0.317 e. The first-order chi connectivity index (χ1) is 12.3. The first-order valence-corrected chi connectivity index (χ1v) is 9.41. The quantitative estimate of drug-likeness (QED) is 0.911. The summed E-state index contributed by atoms with van der Waals surface area (Å²) in [6.07, 6.45) is 5.17. The van der Waals surface area contributed by atoms with Crippen LogP contribution in [0.25, 0.3) is 0 Å². The van der Waals surface area contributed by atoms with Gasteiger partial charge in [0, 0.05) is 39.3 Å². The van der Waals surface area contributed by atoms with Crippen LogP contribution in [-0.2, 0) is 6.54 Å². The highest BCUT2D eigenvalue weighted by Gasteiger charge is 2.23. The Balaban J connectivity index is 1.22. The molecule has 4 rings (SSSR count). The zero-order valence-electron chi connectivity index (χ0n) is 14.7. The van der Waals surface area contributed by atoms with Gasteiger partial charge in [0.15, 0.2) is 11.5 Å². The lowest BCUT2D eigenvalue weighted by molar-refractivity contribution is 0.134. The Morgan fingerprint density at radius 1 is 1.08 bits per heavy atom. The number of carbonyl (C=O) groups excluding carboxylic acids is 1. The van der Waals surface area contributed by atoms with Crippen LogP contribution in [0, 0.1) is 5.92 Å². The van der Waals surface area contributed by atoms with Gasteiger partial charge in [0.2, 0.25) is 6.79 Å². The summed E-state index contributed by atoms with van der Waals surface area (Å²) >= 11 is 0. The SMILES string of the molecule is O=C(NCC1CCCC1)N1CCN(Cc2ccc3c(c2)OCO3)CC1. The minimum atomic E-state index is 0.106. The standard InChI is InChI=1S/C19H27N3O3/c23-19(20-12-15-3-1-2-4-15)22-9-7-21(8-10-22)13-16-5-6-17-18(11-16)25-14-24-17/h5-6,11,15H,1-4,7-10,12-14H2,(H,20,23). The highest BCUT2D eigenvalue weighted by atomic mass is 16.7. The number of fused-ring (bicyclic) bond motifs is 1. The van der Waals surface area contributed by atoms with E-state index in [0.717, 1.165) is 50.8 Å². The Labute approximate surface area is 149 Å². The van der Waals surface area contributed by atoms with Gasteiger partial charge in [-0.3, -0.25) is 4.90 Å². The number of rotatable bonds is 4. The maximum Gasteiger partial charge on any atom is 0.317 e. The summed E-state index contributed by atoms with van der Waals surface area (Å²) in [5.74, 6) is 2.35. The topological polar surface area (TPSA) is 54.0 Å². The van der Waals surface area contributed by atoms with Crippen LogP contribution in [0.2, 0.25) is 0 Å². The van der Waals surface area contributed by atoms with Crippen molar-refractivity contribution in [2.24, 2.45) is 5.92 Å². The number of urea groups is 1. The van der Waals surface area contributed by atoms with Gasteiger partial charge >= 0.3 is 6.03 Å². The average Bonchev–Trinajstić information content (AvgIpc) is 3.31. The fourth-order valence-corrected chi connectivity index (χ4v) is 3.96. The molecular weight excluding hydrogens is 318 g/mol. The number of nitrogens with zero attached hydrogens (tertiary/aromatic N) is 2. The van der Waals surface area contributed by atoms with E-state index in [9.17, 15) is 4.79 Å². The van der Waals surface area contributed by atoms with E-state index in [-0.39, 0.29) is 6.03 Å². The van der Waals surface area contributed by atoms with Crippen LogP contribution in [0.15, 0.2) is 18.2 Å². The third-order valence-electron chi connectivity index (χ3n) is 5.52. The summed E-state index contributed by atoms with van der Waals surface area (Å²) in [7, 11) is 0. The molecule has 2 amide bonds. The van der Waals surface area contributed by atoms with E-state index in [1.54, 1.807) is 0 Å². The van der Waals surface area contributed by atoms with Crippen molar-refractivity contribution in [3.63, 3.8) is 0 Å². The molecule has 136 valence electrons. The number of hydrogen-bond donors (Lipinski definition) is 1. The summed E-state index contributed by atoms with van der Waals surface area (Å²) in [4.78, 5) is 16.7. The van der Waals surface area contributed by atoms with Crippen molar-refractivity contribution in [3.8, 4) is 11.5 Å². The average molecular weight is 345 g/mol. The lowest BCUT2D eigenvalue weighted by Gasteiger charge is -2.35. The van der Waals surface area contributed by atoms with E-state index < -0.39 is 0 Å². The maximum atomic E-state index is 12.3. The minimum Gasteiger partial charge on any atom is -0.454 e. The normalized spacial score (nSPS) is 20.9. The van der Waals surface area contributed by atoms with Gasteiger partial charge in [-0.1, -0.05) is 18.9 Å². The molecule has 1 aromatic rings. The second-order valence-corrected chi connectivity index (χ2v) is 7.29. The van der Waals surface area contributed by atoms with Gasteiger partial charge in [-0.2, -0.15) is 0 Å². The van der Waals surface area contributed by atoms with Gasteiger partial charge in [0.25, 0.3) is 0 Å². The summed E-state index contributed by atoms with van der Waals surface area (Å²) < 4.78 is 10.8. The Morgan fingerprint density at radius 2 is 1.84 bits per heavy atom. The third kappa shape index (κ3) is 4.00. The molecule has 0 atom stereocenters. The Morgan fingerprint density at radius 3 is 2.64 bits per heavy atom. The zero-order valence-corrected chi connectivity index (χ0v) is 14.7. The predicted molar refractivity (Wildman–Crippen MR) is 94.8 cm³/mol. The fourth-order valence-electron chi connectivity index (χ4n) is 3.96. The van der Waals surface area contributed by atoms with Crippen LogP contribution in [0.1, 0.15) is 31.2 Å². The largest absolute Gasteiger partial charge is 0.454 e. The Kier molecular flexibility index (Phi) is 4.97. The lowest BCUT2D eigenvalue weighted by atomic mass is 10.1. The van der Waals surface area contributed by atoms with Gasteiger partial charge in [-0.25, -0.2) is 4.79 Å². The summed E-state index contributed by atoms with van der Waals surface area (Å²) in [5.41, 5.74) is 1.23. The zero-order chi connectivity index (χ0) is 17.1. The highest BCUT2D eigenvalue weighted by molar-refractivity contribution is 5.74. The molecule has 1 N–H and O–H groups in total. The summed E-state index contributed by atoms with van der Waals surface area (Å²) in [5, 5.41) is 3.13. The lowest BCUT2D eigenvalue weighted by Crippen LogP contribution is -2.51. The molecule has 1 aromatic carbocycles. The molecule has 0 bridgehead atoms. The van der Waals surface area contributed by atoms with Gasteiger partial charge < -0.3 is 19.7 Å². The maximum absolute atomic E-state index is 12.3. The van der Waals surface area contributed by atoms with E-state index in [1.165, 1.54) is 31.2 Å². The van der Waals surface area contributed by atoms with Crippen LogP contribution < -0.4 is 14.8 Å². The van der Waals surface area contributed by atoms with Crippen LogP contribution in [0.5, 0.6) is 11.5 Å². The second kappa shape index (κ2) is 7.52. The molecule has 1 saturated carbocycles. The third-order valence-corrected chi connectivity index (χ3v) is 5.52. The van der Waals surface area contributed by atoms with Gasteiger partial charge in [0.05, 0.1) is 0 Å². The molecule has 0 radical (unpaired) electrons. The molecule has 0 unspecified atom stereocenters. The number of hydrogen-bond acceptors (Lipinski definition) is 4. The van der Waals surface area contributed by atoms with Crippen LogP contribution in [0.3, 0.4) is 0 Å². The van der Waals surface area contributed by atoms with Crippen molar-refractivity contribution in [2.45, 2.75) is 32.2 Å². The number of amides is 2. The molecular formula is C19H27N3O3. The molecule has 6 nitrogen and oxygen atoms in total. The molecule has 25 heavy (non-hydrogen) atoms. The second-order valence-electron chi connectivity index (χ2n) is 7.29. The molecule has 3 aliphatic rings. The first-order valence-electron chi connectivity index (χ1n) is 9.41. The molecule has 0 aromatic heterocycles. The van der Waals surface area contributed by atoms with E-state index in [1.807, 2.05) is 11.0 Å². The van der Waals surface area contributed by atoms with Crippen molar-refractivity contribution in [1.29, 1.82) is 0 Å². The van der Waals surface area contributed by atoms with E-state index >= 15 is 0 Å². The van der Waals surface area contributed by atoms with E-state index in [4.69, 9.17) is 9.47 Å². The monoisotopic (exact) mass is 345 g/mol. The summed E-state index contributed by atoms with van der Waals surface area (Å²) in [6, 6.07) is 6.23. The van der Waals surface area contributed by atoms with Crippen molar-refractivity contribution in [3.05, 3.63) is 23.8 Å².